The number of aryl methyl sites for hydroxylation is 1. The number of primary amides is 1. The minimum Gasteiger partial charge on any atom is -0.508 e. The lowest BCUT2D eigenvalue weighted by atomic mass is 10.1. The van der Waals surface area contributed by atoms with Crippen LogP contribution < -0.4 is 16.4 Å². The van der Waals surface area contributed by atoms with E-state index in [2.05, 4.69) is 10.6 Å². The predicted molar refractivity (Wildman–Crippen MR) is 83.1 cm³/mol. The van der Waals surface area contributed by atoms with Gasteiger partial charge in [-0.3, -0.25) is 10.1 Å². The maximum atomic E-state index is 11.9. The highest BCUT2D eigenvalue weighted by molar-refractivity contribution is 7.16. The monoisotopic (exact) mass is 305 g/mol. The molecule has 2 rings (SSSR count). The smallest absolute Gasteiger partial charge is 0.324 e. The number of thiophene rings is 1. The highest BCUT2D eigenvalue weighted by atomic mass is 32.1. The Balaban J connectivity index is 2.15. The molecule has 0 aliphatic rings. The molecule has 0 bridgehead atoms. The molecule has 3 amide bonds. The second kappa shape index (κ2) is 5.84. The maximum Gasteiger partial charge on any atom is 0.324 e. The molecule has 1 heterocycles. The summed E-state index contributed by atoms with van der Waals surface area (Å²) in [6.45, 7) is 3.64. The number of nitrogens with two attached hydrogens (primary N) is 1. The van der Waals surface area contributed by atoms with Crippen LogP contribution in [0, 0.1) is 13.8 Å². The number of phenolic OH excluding ortho intramolecular Hbond substituents is 1. The Morgan fingerprint density at radius 1 is 1.14 bits per heavy atom. The van der Waals surface area contributed by atoms with Crippen molar-refractivity contribution in [3.05, 3.63) is 40.3 Å². The molecule has 0 atom stereocenters. The largest absolute Gasteiger partial charge is 0.508 e. The van der Waals surface area contributed by atoms with Crippen LogP contribution >= 0.6 is 11.3 Å². The van der Waals surface area contributed by atoms with Gasteiger partial charge in [-0.15, -0.1) is 11.3 Å². The van der Waals surface area contributed by atoms with Crippen LogP contribution in [-0.2, 0) is 0 Å². The van der Waals surface area contributed by atoms with Crippen molar-refractivity contribution < 1.29 is 14.7 Å². The van der Waals surface area contributed by atoms with E-state index in [1.54, 1.807) is 19.1 Å². The molecule has 0 saturated heterocycles. The number of amides is 3. The van der Waals surface area contributed by atoms with Crippen molar-refractivity contribution >= 4 is 34.0 Å². The number of carbonyl (C=O) groups is 2. The van der Waals surface area contributed by atoms with Crippen LogP contribution in [0.2, 0.25) is 0 Å². The molecule has 1 aromatic carbocycles. The summed E-state index contributed by atoms with van der Waals surface area (Å²) in [5.74, 6) is -0.460. The van der Waals surface area contributed by atoms with Crippen molar-refractivity contribution in [3.8, 4) is 5.75 Å². The number of carbonyl (C=O) groups excluding carboxylic acids is 2. The molecule has 21 heavy (non-hydrogen) atoms. The third-order valence-corrected chi connectivity index (χ3v) is 4.11. The fraction of sp³-hybridized carbons (Fsp3) is 0.143. The molecule has 1 aromatic heterocycles. The van der Waals surface area contributed by atoms with Crippen LogP contribution in [-0.4, -0.2) is 17.0 Å². The first-order valence-electron chi connectivity index (χ1n) is 6.15. The van der Waals surface area contributed by atoms with Crippen LogP contribution in [0.3, 0.4) is 0 Å². The van der Waals surface area contributed by atoms with Crippen molar-refractivity contribution in [2.75, 3.05) is 10.6 Å². The van der Waals surface area contributed by atoms with Gasteiger partial charge in [0.1, 0.15) is 10.8 Å². The molecule has 0 aliphatic carbocycles. The number of hydrogen-bond acceptors (Lipinski definition) is 4. The van der Waals surface area contributed by atoms with Gasteiger partial charge in [0, 0.05) is 10.6 Å². The van der Waals surface area contributed by atoms with Crippen molar-refractivity contribution in [2.24, 2.45) is 5.73 Å². The van der Waals surface area contributed by atoms with Crippen LogP contribution in [0.1, 0.15) is 20.8 Å². The van der Waals surface area contributed by atoms with Gasteiger partial charge in [-0.2, -0.15) is 0 Å². The Morgan fingerprint density at radius 2 is 1.76 bits per heavy atom. The third-order valence-electron chi connectivity index (χ3n) is 2.98. The number of nitrogens with one attached hydrogen (secondary N) is 2. The zero-order valence-corrected chi connectivity index (χ0v) is 12.4. The fourth-order valence-corrected chi connectivity index (χ4v) is 2.88. The number of benzene rings is 1. The van der Waals surface area contributed by atoms with Crippen LogP contribution in [0.25, 0.3) is 0 Å². The van der Waals surface area contributed by atoms with Gasteiger partial charge < -0.3 is 16.2 Å². The zero-order chi connectivity index (χ0) is 15.6. The lowest BCUT2D eigenvalue weighted by Gasteiger charge is -2.07. The second-order valence-electron chi connectivity index (χ2n) is 4.48. The lowest BCUT2D eigenvalue weighted by molar-refractivity contribution is 0.100. The molecule has 0 fully saturated rings. The summed E-state index contributed by atoms with van der Waals surface area (Å²) < 4.78 is 0. The van der Waals surface area contributed by atoms with Gasteiger partial charge in [0.25, 0.3) is 5.91 Å². The first kappa shape index (κ1) is 14.9. The normalized spacial score (nSPS) is 10.2. The Hall–Kier alpha value is -2.54. The second-order valence-corrected chi connectivity index (χ2v) is 5.70. The number of aromatic hydroxyl groups is 1. The molecular weight excluding hydrogens is 290 g/mol. The maximum absolute atomic E-state index is 11.9. The molecular formula is C14H15N3O3S. The Kier molecular flexibility index (Phi) is 4.13. The topological polar surface area (TPSA) is 104 Å². The highest BCUT2D eigenvalue weighted by Gasteiger charge is 2.18. The summed E-state index contributed by atoms with van der Waals surface area (Å²) in [7, 11) is 0. The minimum absolute atomic E-state index is 0.112. The number of hydrogen-bond donors (Lipinski definition) is 4. The Morgan fingerprint density at radius 3 is 2.33 bits per heavy atom. The first-order chi connectivity index (χ1) is 9.88. The molecule has 0 aliphatic heterocycles. The van der Waals surface area contributed by atoms with Crippen molar-refractivity contribution in [1.82, 2.24) is 0 Å². The van der Waals surface area contributed by atoms with Gasteiger partial charge >= 0.3 is 6.03 Å². The molecule has 0 saturated carbocycles. The third kappa shape index (κ3) is 3.32. The molecule has 2 aromatic rings. The van der Waals surface area contributed by atoms with Gasteiger partial charge in [-0.25, -0.2) is 4.79 Å². The number of phenols is 1. The van der Waals surface area contributed by atoms with Crippen LogP contribution in [0.15, 0.2) is 24.3 Å². The number of urea groups is 1. The van der Waals surface area contributed by atoms with Gasteiger partial charge in [-0.1, -0.05) is 0 Å². The van der Waals surface area contributed by atoms with E-state index in [-0.39, 0.29) is 5.75 Å². The molecule has 110 valence electrons. The summed E-state index contributed by atoms with van der Waals surface area (Å²) in [5.41, 5.74) is 6.97. The quantitative estimate of drug-likeness (QED) is 0.655. The molecule has 0 radical (unpaired) electrons. The molecule has 5 N–H and O–H groups in total. The van der Waals surface area contributed by atoms with E-state index in [1.807, 2.05) is 6.92 Å². The minimum atomic E-state index is -0.572. The molecule has 6 nitrogen and oxygen atoms in total. The summed E-state index contributed by atoms with van der Waals surface area (Å²) in [5, 5.41) is 14.8. The average Bonchev–Trinajstić information content (AvgIpc) is 2.67. The van der Waals surface area contributed by atoms with E-state index < -0.39 is 11.9 Å². The van der Waals surface area contributed by atoms with Crippen molar-refractivity contribution in [1.29, 1.82) is 0 Å². The summed E-state index contributed by atoms with van der Waals surface area (Å²) in [6.07, 6.45) is 0. The molecule has 0 spiro atoms. The Labute approximate surface area is 125 Å². The van der Waals surface area contributed by atoms with E-state index in [0.29, 0.717) is 16.3 Å². The van der Waals surface area contributed by atoms with E-state index >= 15 is 0 Å². The average molecular weight is 305 g/mol. The van der Waals surface area contributed by atoms with E-state index in [4.69, 9.17) is 5.73 Å². The fourth-order valence-electron chi connectivity index (χ4n) is 1.82. The number of anilines is 2. The zero-order valence-electron chi connectivity index (χ0n) is 11.6. The van der Waals surface area contributed by atoms with Crippen LogP contribution in [0.4, 0.5) is 15.5 Å². The van der Waals surface area contributed by atoms with E-state index in [0.717, 1.165) is 10.4 Å². The molecule has 0 unspecified atom stereocenters. The van der Waals surface area contributed by atoms with Gasteiger partial charge in [-0.05, 0) is 43.7 Å². The van der Waals surface area contributed by atoms with E-state index in [1.165, 1.54) is 23.5 Å². The van der Waals surface area contributed by atoms with Crippen molar-refractivity contribution in [2.45, 2.75) is 13.8 Å². The number of rotatable bonds is 3. The van der Waals surface area contributed by atoms with Crippen molar-refractivity contribution in [3.63, 3.8) is 0 Å². The lowest BCUT2D eigenvalue weighted by Crippen LogP contribution is -2.21. The van der Waals surface area contributed by atoms with E-state index in [9.17, 15) is 14.7 Å². The van der Waals surface area contributed by atoms with Gasteiger partial charge in [0.05, 0.1) is 5.56 Å². The molecule has 7 heteroatoms. The first-order valence-corrected chi connectivity index (χ1v) is 6.97. The van der Waals surface area contributed by atoms with Gasteiger partial charge in [0.15, 0.2) is 0 Å². The highest BCUT2D eigenvalue weighted by Crippen LogP contribution is 2.32. The standard InChI is InChI=1S/C14H15N3O3S/c1-7-8(2)21-13(11(7)12(15)19)17-14(20)16-9-3-5-10(18)6-4-9/h3-6,18H,1-2H3,(H2,15,19)(H2,16,17,20). The van der Waals surface area contributed by atoms with Gasteiger partial charge in [0.2, 0.25) is 0 Å². The predicted octanol–water partition coefficient (Wildman–Crippen LogP) is 2.81. The SMILES string of the molecule is Cc1sc(NC(=O)Nc2ccc(O)cc2)c(C(N)=O)c1C. The Bertz CT molecular complexity index is 692. The van der Waals surface area contributed by atoms with Crippen LogP contribution in [0.5, 0.6) is 5.75 Å². The summed E-state index contributed by atoms with van der Waals surface area (Å²) >= 11 is 1.30. The summed E-state index contributed by atoms with van der Waals surface area (Å²) in [4.78, 5) is 24.3. The summed E-state index contributed by atoms with van der Waals surface area (Å²) in [6, 6.07) is 5.57.